The summed E-state index contributed by atoms with van der Waals surface area (Å²) in [6.07, 6.45) is 1.21. The Morgan fingerprint density at radius 3 is 2.47 bits per heavy atom. The Hall–Kier alpha value is -1.43. The normalized spacial score (nSPS) is 13.2. The van der Waals surface area contributed by atoms with Crippen molar-refractivity contribution in [2.45, 2.75) is 25.5 Å². The second-order valence-electron chi connectivity index (χ2n) is 4.69. The van der Waals surface area contributed by atoms with Crippen LogP contribution >= 0.6 is 0 Å². The number of hydrogen-bond acceptors (Lipinski definition) is 4. The average Bonchev–Trinajstić information content (AvgIpc) is 2.58. The van der Waals surface area contributed by atoms with Crippen molar-refractivity contribution in [2.75, 3.05) is 6.26 Å². The van der Waals surface area contributed by atoms with Crippen molar-refractivity contribution in [1.82, 2.24) is 15.0 Å². The highest BCUT2D eigenvalue weighted by Crippen LogP contribution is 2.27. The van der Waals surface area contributed by atoms with Crippen LogP contribution in [0.5, 0.6) is 0 Å². The highest BCUT2D eigenvalue weighted by Gasteiger charge is 2.35. The van der Waals surface area contributed by atoms with Gasteiger partial charge in [-0.05, 0) is 32.9 Å². The number of nitrogens with one attached hydrogen (secondary N) is 1. The fourth-order valence-corrected chi connectivity index (χ4v) is 1.90. The van der Waals surface area contributed by atoms with Gasteiger partial charge in [0, 0.05) is 11.9 Å². The number of pyridine rings is 1. The largest absolute Gasteiger partial charge is 0.339 e. The summed E-state index contributed by atoms with van der Waals surface area (Å²) >= 11 is 0. The van der Waals surface area contributed by atoms with Crippen LogP contribution < -0.4 is 0 Å². The van der Waals surface area contributed by atoms with Gasteiger partial charge in [-0.2, -0.15) is 0 Å². The van der Waals surface area contributed by atoms with Crippen molar-refractivity contribution >= 4 is 21.0 Å². The molecule has 0 aromatic carbocycles. The zero-order chi connectivity index (χ0) is 12.8. The van der Waals surface area contributed by atoms with Crippen molar-refractivity contribution in [2.24, 2.45) is 0 Å². The second kappa shape index (κ2) is 3.53. The quantitative estimate of drug-likeness (QED) is 0.881. The molecule has 2 heterocycles. The lowest BCUT2D eigenvalue weighted by Crippen LogP contribution is -2.29. The van der Waals surface area contributed by atoms with Gasteiger partial charge >= 0.3 is 0 Å². The van der Waals surface area contributed by atoms with E-state index in [0.29, 0.717) is 11.5 Å². The van der Waals surface area contributed by atoms with Crippen molar-refractivity contribution in [3.63, 3.8) is 0 Å². The number of H-pyrrole nitrogens is 1. The number of rotatable bonds is 2. The number of sulfone groups is 1. The molecule has 0 unspecified atom stereocenters. The minimum atomic E-state index is -3.23. The van der Waals surface area contributed by atoms with Crippen LogP contribution in [0.3, 0.4) is 0 Å². The molecule has 0 saturated carbocycles. The Kier molecular flexibility index (Phi) is 2.50. The number of aromatic nitrogens is 3. The summed E-state index contributed by atoms with van der Waals surface area (Å²) in [5, 5.41) is 0. The highest BCUT2D eigenvalue weighted by atomic mass is 32.2. The average molecular weight is 253 g/mol. The van der Waals surface area contributed by atoms with Crippen LogP contribution in [0.15, 0.2) is 12.1 Å². The summed E-state index contributed by atoms with van der Waals surface area (Å²) < 4.78 is 22.4. The maximum absolute atomic E-state index is 11.7. The van der Waals surface area contributed by atoms with Gasteiger partial charge in [0.25, 0.3) is 0 Å². The molecule has 2 aromatic heterocycles. The van der Waals surface area contributed by atoms with Crippen LogP contribution in [0.25, 0.3) is 11.2 Å². The zero-order valence-corrected chi connectivity index (χ0v) is 11.1. The van der Waals surface area contributed by atoms with Gasteiger partial charge in [-0.15, -0.1) is 0 Å². The van der Waals surface area contributed by atoms with E-state index < -0.39 is 14.6 Å². The fourth-order valence-electron chi connectivity index (χ4n) is 1.45. The van der Waals surface area contributed by atoms with E-state index in [0.717, 1.165) is 11.2 Å². The van der Waals surface area contributed by atoms with Crippen LogP contribution in [-0.2, 0) is 14.6 Å². The van der Waals surface area contributed by atoms with E-state index in [1.165, 1.54) is 6.26 Å². The Bertz CT molecular complexity index is 671. The first kappa shape index (κ1) is 12.0. The van der Waals surface area contributed by atoms with Gasteiger partial charge in [0.15, 0.2) is 15.5 Å². The van der Waals surface area contributed by atoms with E-state index in [1.54, 1.807) is 13.8 Å². The lowest BCUT2D eigenvalue weighted by Gasteiger charge is -2.19. The molecule has 0 bridgehead atoms. The number of imidazole rings is 1. The molecule has 2 rings (SSSR count). The molecule has 0 aliphatic rings. The molecule has 17 heavy (non-hydrogen) atoms. The number of hydrogen-bond donors (Lipinski definition) is 1. The topological polar surface area (TPSA) is 75.7 Å². The molecule has 0 fully saturated rings. The van der Waals surface area contributed by atoms with Gasteiger partial charge in [0.1, 0.15) is 10.6 Å². The van der Waals surface area contributed by atoms with E-state index in [9.17, 15) is 8.42 Å². The molecule has 0 amide bonds. The van der Waals surface area contributed by atoms with E-state index in [4.69, 9.17) is 0 Å². The second-order valence-corrected chi connectivity index (χ2v) is 7.26. The summed E-state index contributed by atoms with van der Waals surface area (Å²) in [6, 6.07) is 3.71. The monoisotopic (exact) mass is 253 g/mol. The third-order valence-electron chi connectivity index (χ3n) is 2.98. The lowest BCUT2D eigenvalue weighted by molar-refractivity contribution is 0.552. The molecule has 2 aromatic rings. The maximum Gasteiger partial charge on any atom is 0.177 e. The molecule has 0 spiro atoms. The molecule has 0 aliphatic carbocycles. The molecule has 0 saturated heterocycles. The minimum Gasteiger partial charge on any atom is -0.339 e. The zero-order valence-electron chi connectivity index (χ0n) is 10.3. The highest BCUT2D eigenvalue weighted by molar-refractivity contribution is 7.91. The summed E-state index contributed by atoms with van der Waals surface area (Å²) in [4.78, 5) is 11.5. The van der Waals surface area contributed by atoms with Crippen molar-refractivity contribution < 1.29 is 8.42 Å². The molecule has 0 aliphatic heterocycles. The Balaban J connectivity index is 2.65. The fraction of sp³-hybridized carbons (Fsp3) is 0.455. The first-order valence-electron chi connectivity index (χ1n) is 5.25. The first-order valence-corrected chi connectivity index (χ1v) is 7.14. The standard InChI is InChI=1S/C11H15N3O2S/c1-7-5-6-8-9(12-7)14-10(13-8)11(2,3)17(4,15)16/h5-6H,1-4H3,(H,12,13,14). The minimum absolute atomic E-state index is 0.424. The summed E-state index contributed by atoms with van der Waals surface area (Å²) in [5.41, 5.74) is 2.16. The van der Waals surface area contributed by atoms with Gasteiger partial charge in [0.2, 0.25) is 0 Å². The predicted octanol–water partition coefficient (Wildman–Crippen LogP) is 1.55. The molecule has 6 heteroatoms. The summed E-state index contributed by atoms with van der Waals surface area (Å²) in [5.74, 6) is 0.424. The predicted molar refractivity (Wildman–Crippen MR) is 66.5 cm³/mol. The van der Waals surface area contributed by atoms with E-state index >= 15 is 0 Å². The van der Waals surface area contributed by atoms with Crippen LogP contribution in [0.4, 0.5) is 0 Å². The van der Waals surface area contributed by atoms with Crippen LogP contribution in [0.1, 0.15) is 25.4 Å². The molecule has 92 valence electrons. The molecule has 0 radical (unpaired) electrons. The van der Waals surface area contributed by atoms with Gasteiger partial charge in [-0.25, -0.2) is 18.4 Å². The Labute approximate surface area is 100 Å². The number of fused-ring (bicyclic) bond motifs is 1. The Morgan fingerprint density at radius 2 is 1.88 bits per heavy atom. The maximum atomic E-state index is 11.7. The summed E-state index contributed by atoms with van der Waals surface area (Å²) in [7, 11) is -3.23. The van der Waals surface area contributed by atoms with Crippen LogP contribution in [-0.4, -0.2) is 29.6 Å². The first-order chi connectivity index (χ1) is 7.72. The van der Waals surface area contributed by atoms with Gasteiger partial charge in [-0.1, -0.05) is 0 Å². The van der Waals surface area contributed by atoms with Crippen molar-refractivity contribution in [3.05, 3.63) is 23.7 Å². The third-order valence-corrected chi connectivity index (χ3v) is 5.03. The Morgan fingerprint density at radius 1 is 1.24 bits per heavy atom. The molecule has 5 nitrogen and oxygen atoms in total. The van der Waals surface area contributed by atoms with E-state index in [2.05, 4.69) is 15.0 Å². The molecular weight excluding hydrogens is 238 g/mol. The van der Waals surface area contributed by atoms with E-state index in [-0.39, 0.29) is 0 Å². The van der Waals surface area contributed by atoms with Gasteiger partial charge in [-0.3, -0.25) is 0 Å². The van der Waals surface area contributed by atoms with Gasteiger partial charge < -0.3 is 4.98 Å². The van der Waals surface area contributed by atoms with Crippen molar-refractivity contribution in [1.29, 1.82) is 0 Å². The third kappa shape index (κ3) is 1.93. The number of nitrogens with zero attached hydrogens (tertiary/aromatic N) is 2. The molecule has 0 atom stereocenters. The number of aromatic amines is 1. The summed E-state index contributed by atoms with van der Waals surface area (Å²) in [6.45, 7) is 5.13. The molecular formula is C11H15N3O2S. The molecule has 1 N–H and O–H groups in total. The smallest absolute Gasteiger partial charge is 0.177 e. The van der Waals surface area contributed by atoms with Crippen LogP contribution in [0, 0.1) is 6.92 Å². The van der Waals surface area contributed by atoms with Crippen molar-refractivity contribution in [3.8, 4) is 0 Å². The van der Waals surface area contributed by atoms with E-state index in [1.807, 2.05) is 19.1 Å². The number of aryl methyl sites for hydroxylation is 1. The lowest BCUT2D eigenvalue weighted by atomic mass is 10.2. The van der Waals surface area contributed by atoms with Crippen LogP contribution in [0.2, 0.25) is 0 Å². The SMILES string of the molecule is Cc1ccc2[nH]c(C(C)(C)S(C)(=O)=O)nc2n1. The van der Waals surface area contributed by atoms with Gasteiger partial charge in [0.05, 0.1) is 5.52 Å².